The maximum absolute atomic E-state index is 6.21. The second kappa shape index (κ2) is 8.82. The number of ether oxygens (including phenoxy) is 1. The van der Waals surface area contributed by atoms with E-state index < -0.39 is 0 Å². The van der Waals surface area contributed by atoms with Crippen LogP contribution in [0.25, 0.3) is 0 Å². The molecule has 0 spiro atoms. The van der Waals surface area contributed by atoms with E-state index in [1.165, 1.54) is 11.1 Å². The molecule has 0 aliphatic rings. The van der Waals surface area contributed by atoms with Crippen molar-refractivity contribution in [3.05, 3.63) is 57.6 Å². The molecule has 1 N–H and O–H groups in total. The smallest absolute Gasteiger partial charge is 0.122 e. The molecule has 0 aromatic heterocycles. The van der Waals surface area contributed by atoms with Gasteiger partial charge in [-0.2, -0.15) is 0 Å². The monoisotopic (exact) mass is 379 g/mol. The molecule has 25 heavy (non-hydrogen) atoms. The van der Waals surface area contributed by atoms with Crippen LogP contribution in [0.15, 0.2) is 36.4 Å². The van der Waals surface area contributed by atoms with Crippen molar-refractivity contribution >= 4 is 28.9 Å². The predicted molar refractivity (Wildman–Crippen MR) is 109 cm³/mol. The van der Waals surface area contributed by atoms with Crippen molar-refractivity contribution in [1.29, 1.82) is 0 Å². The summed E-state index contributed by atoms with van der Waals surface area (Å²) in [7, 11) is 0. The van der Waals surface area contributed by atoms with Gasteiger partial charge in [-0.1, -0.05) is 49.2 Å². The Balaban J connectivity index is 1.79. The lowest BCUT2D eigenvalue weighted by Crippen LogP contribution is -2.24. The van der Waals surface area contributed by atoms with Gasteiger partial charge in [0.05, 0.1) is 17.3 Å². The highest BCUT2D eigenvalue weighted by Crippen LogP contribution is 2.29. The van der Waals surface area contributed by atoms with E-state index in [-0.39, 0.29) is 5.41 Å². The first kappa shape index (κ1) is 19.9. The van der Waals surface area contributed by atoms with Crippen LogP contribution >= 0.6 is 23.2 Å². The molecule has 0 aliphatic carbocycles. The molecule has 136 valence electrons. The first-order valence-electron chi connectivity index (χ1n) is 8.66. The van der Waals surface area contributed by atoms with E-state index in [1.807, 2.05) is 12.1 Å². The standard InChI is InChI=1S/C21H27Cl2NO/c1-15-6-7-16(2)20(12-15)25-11-5-10-21(3,4)14-24-19-13-17(22)8-9-18(19)23/h6-9,12-13,24H,5,10-11,14H2,1-4H3. The summed E-state index contributed by atoms with van der Waals surface area (Å²) in [6, 6.07) is 11.8. The maximum atomic E-state index is 6.21. The molecule has 2 nitrogen and oxygen atoms in total. The van der Waals surface area contributed by atoms with Crippen molar-refractivity contribution in [2.24, 2.45) is 5.41 Å². The van der Waals surface area contributed by atoms with E-state index in [1.54, 1.807) is 6.07 Å². The van der Waals surface area contributed by atoms with Crippen LogP contribution in [0.4, 0.5) is 5.69 Å². The Morgan fingerprint density at radius 2 is 1.80 bits per heavy atom. The van der Waals surface area contributed by atoms with E-state index in [9.17, 15) is 0 Å². The first-order chi connectivity index (χ1) is 11.8. The fraction of sp³-hybridized carbons (Fsp3) is 0.429. The summed E-state index contributed by atoms with van der Waals surface area (Å²) in [5.74, 6) is 0.988. The van der Waals surface area contributed by atoms with E-state index >= 15 is 0 Å². The Bertz CT molecular complexity index is 713. The largest absolute Gasteiger partial charge is 0.493 e. The van der Waals surface area contributed by atoms with Crippen LogP contribution in [-0.2, 0) is 0 Å². The van der Waals surface area contributed by atoms with Crippen molar-refractivity contribution < 1.29 is 4.74 Å². The number of anilines is 1. The molecule has 0 amide bonds. The third-order valence-corrected chi connectivity index (χ3v) is 4.85. The molecule has 4 heteroatoms. The lowest BCUT2D eigenvalue weighted by atomic mass is 9.88. The quantitative estimate of drug-likeness (QED) is 0.503. The number of benzene rings is 2. The highest BCUT2D eigenvalue weighted by Gasteiger charge is 2.18. The average Bonchev–Trinajstić information content (AvgIpc) is 2.55. The fourth-order valence-corrected chi connectivity index (χ4v) is 3.01. The predicted octanol–water partition coefficient (Wildman–Crippen LogP) is 6.91. The lowest BCUT2D eigenvalue weighted by Gasteiger charge is -2.26. The molecule has 0 bridgehead atoms. The normalized spacial score (nSPS) is 11.4. The van der Waals surface area contributed by atoms with Gasteiger partial charge >= 0.3 is 0 Å². The molecule has 2 aromatic carbocycles. The Labute approximate surface area is 161 Å². The zero-order valence-electron chi connectivity index (χ0n) is 15.5. The molecule has 0 radical (unpaired) electrons. The fourth-order valence-electron chi connectivity index (χ4n) is 2.65. The molecular formula is C21H27Cl2NO. The van der Waals surface area contributed by atoms with E-state index in [0.717, 1.165) is 37.4 Å². The van der Waals surface area contributed by atoms with Crippen LogP contribution in [0, 0.1) is 19.3 Å². The van der Waals surface area contributed by atoms with E-state index in [0.29, 0.717) is 10.0 Å². The Morgan fingerprint density at radius 1 is 1.04 bits per heavy atom. The van der Waals surface area contributed by atoms with Crippen LogP contribution in [0.3, 0.4) is 0 Å². The Morgan fingerprint density at radius 3 is 2.56 bits per heavy atom. The highest BCUT2D eigenvalue weighted by atomic mass is 35.5. The lowest BCUT2D eigenvalue weighted by molar-refractivity contribution is 0.263. The highest BCUT2D eigenvalue weighted by molar-refractivity contribution is 6.35. The Hall–Kier alpha value is -1.38. The molecule has 2 aromatic rings. The molecular weight excluding hydrogens is 353 g/mol. The van der Waals surface area contributed by atoms with Gasteiger partial charge in [-0.15, -0.1) is 0 Å². The van der Waals surface area contributed by atoms with Gasteiger partial charge in [0.25, 0.3) is 0 Å². The molecule has 0 saturated heterocycles. The number of halogens is 2. The summed E-state index contributed by atoms with van der Waals surface area (Å²) in [6.45, 7) is 10.2. The van der Waals surface area contributed by atoms with Gasteiger partial charge < -0.3 is 10.1 Å². The minimum absolute atomic E-state index is 0.136. The van der Waals surface area contributed by atoms with Crippen molar-refractivity contribution in [2.45, 2.75) is 40.5 Å². The van der Waals surface area contributed by atoms with Crippen LogP contribution in [-0.4, -0.2) is 13.2 Å². The van der Waals surface area contributed by atoms with E-state index in [2.05, 4.69) is 51.2 Å². The zero-order valence-corrected chi connectivity index (χ0v) is 17.0. The summed E-state index contributed by atoms with van der Waals surface area (Å²) in [4.78, 5) is 0. The summed E-state index contributed by atoms with van der Waals surface area (Å²) >= 11 is 12.2. The van der Waals surface area contributed by atoms with Crippen molar-refractivity contribution in [1.82, 2.24) is 0 Å². The van der Waals surface area contributed by atoms with Crippen LogP contribution < -0.4 is 10.1 Å². The van der Waals surface area contributed by atoms with Gasteiger partial charge in [0.15, 0.2) is 0 Å². The second-order valence-electron chi connectivity index (χ2n) is 7.36. The van der Waals surface area contributed by atoms with Crippen molar-refractivity contribution in [2.75, 3.05) is 18.5 Å². The van der Waals surface area contributed by atoms with Gasteiger partial charge in [-0.05, 0) is 67.5 Å². The molecule has 0 fully saturated rings. The molecule has 0 saturated carbocycles. The zero-order chi connectivity index (χ0) is 18.4. The minimum atomic E-state index is 0.136. The van der Waals surface area contributed by atoms with Crippen molar-refractivity contribution in [3.8, 4) is 5.75 Å². The first-order valence-corrected chi connectivity index (χ1v) is 9.41. The van der Waals surface area contributed by atoms with Gasteiger partial charge in [-0.3, -0.25) is 0 Å². The average molecular weight is 380 g/mol. The van der Waals surface area contributed by atoms with Gasteiger partial charge in [-0.25, -0.2) is 0 Å². The SMILES string of the molecule is Cc1ccc(C)c(OCCCC(C)(C)CNc2cc(Cl)ccc2Cl)c1. The van der Waals surface area contributed by atoms with Crippen LogP contribution in [0.2, 0.25) is 10.0 Å². The van der Waals surface area contributed by atoms with Crippen LogP contribution in [0.5, 0.6) is 5.75 Å². The summed E-state index contributed by atoms with van der Waals surface area (Å²) < 4.78 is 5.95. The Kier molecular flexibility index (Phi) is 7.04. The van der Waals surface area contributed by atoms with Gasteiger partial charge in [0, 0.05) is 11.6 Å². The third-order valence-electron chi connectivity index (χ3n) is 4.28. The van der Waals surface area contributed by atoms with Gasteiger partial charge in [0.1, 0.15) is 5.75 Å². The minimum Gasteiger partial charge on any atom is -0.493 e. The van der Waals surface area contributed by atoms with Gasteiger partial charge in [0.2, 0.25) is 0 Å². The molecule has 0 heterocycles. The van der Waals surface area contributed by atoms with Crippen molar-refractivity contribution in [3.63, 3.8) is 0 Å². The molecule has 2 rings (SSSR count). The maximum Gasteiger partial charge on any atom is 0.122 e. The summed E-state index contributed by atoms with van der Waals surface area (Å²) in [5.41, 5.74) is 3.43. The van der Waals surface area contributed by atoms with E-state index in [4.69, 9.17) is 27.9 Å². The number of hydrogen-bond acceptors (Lipinski definition) is 2. The summed E-state index contributed by atoms with van der Waals surface area (Å²) in [5, 5.41) is 4.79. The number of nitrogens with one attached hydrogen (secondary N) is 1. The molecule has 0 aliphatic heterocycles. The topological polar surface area (TPSA) is 21.3 Å². The molecule has 0 unspecified atom stereocenters. The second-order valence-corrected chi connectivity index (χ2v) is 8.21. The number of aryl methyl sites for hydroxylation is 2. The summed E-state index contributed by atoms with van der Waals surface area (Å²) in [6.07, 6.45) is 2.06. The third kappa shape index (κ3) is 6.45. The van der Waals surface area contributed by atoms with Crippen LogP contribution in [0.1, 0.15) is 37.8 Å². The number of hydrogen-bond donors (Lipinski definition) is 1. The molecule has 0 atom stereocenters. The number of rotatable bonds is 8.